The van der Waals surface area contributed by atoms with Crippen LogP contribution in [0.5, 0.6) is 0 Å². The van der Waals surface area contributed by atoms with Crippen molar-refractivity contribution in [3.05, 3.63) is 35.4 Å². The molecule has 0 aliphatic carbocycles. The average molecular weight is 253 g/mol. The number of nitrogens with one attached hydrogen (secondary N) is 1. The summed E-state index contributed by atoms with van der Waals surface area (Å²) in [4.78, 5) is 11.8. The van der Waals surface area contributed by atoms with Gasteiger partial charge in [0.05, 0.1) is 13.7 Å². The van der Waals surface area contributed by atoms with Gasteiger partial charge in [-0.1, -0.05) is 12.0 Å². The van der Waals surface area contributed by atoms with Crippen molar-refractivity contribution in [2.45, 2.75) is 12.5 Å². The molecule has 1 unspecified atom stereocenters. The molecule has 3 nitrogen and oxygen atoms in total. The maximum Gasteiger partial charge on any atom is 0.330 e. The van der Waals surface area contributed by atoms with Crippen LogP contribution in [-0.4, -0.2) is 19.6 Å². The molecule has 1 N–H and O–H groups in total. The van der Waals surface area contributed by atoms with Crippen molar-refractivity contribution in [1.82, 2.24) is 5.32 Å². The van der Waals surface area contributed by atoms with Gasteiger partial charge < -0.3 is 4.74 Å². The fraction of sp³-hybridized carbons (Fsp3) is 0.308. The van der Waals surface area contributed by atoms with Crippen LogP contribution in [0, 0.1) is 24.0 Å². The Kier molecular flexibility index (Phi) is 4.40. The van der Waals surface area contributed by atoms with Gasteiger partial charge in [0.2, 0.25) is 0 Å². The molecule has 0 fully saturated rings. The number of hydrogen-bond donors (Lipinski definition) is 1. The summed E-state index contributed by atoms with van der Waals surface area (Å²) in [5.41, 5.74) is -1.48. The summed E-state index contributed by atoms with van der Waals surface area (Å²) in [6.45, 7) is 1.47. The Morgan fingerprint density at radius 3 is 2.72 bits per heavy atom. The summed E-state index contributed by atoms with van der Waals surface area (Å²) < 4.78 is 31.2. The Morgan fingerprint density at radius 1 is 1.56 bits per heavy atom. The molecule has 0 aliphatic rings. The molecule has 96 valence electrons. The van der Waals surface area contributed by atoms with Gasteiger partial charge in [-0.2, -0.15) is 0 Å². The lowest BCUT2D eigenvalue weighted by Gasteiger charge is -2.28. The minimum atomic E-state index is -1.46. The van der Waals surface area contributed by atoms with Crippen molar-refractivity contribution in [2.75, 3.05) is 13.7 Å². The number of methoxy groups -OCH3 is 1. The quantitative estimate of drug-likeness (QED) is 0.654. The van der Waals surface area contributed by atoms with Gasteiger partial charge in [0, 0.05) is 11.6 Å². The van der Waals surface area contributed by atoms with Crippen LogP contribution >= 0.6 is 0 Å². The highest BCUT2D eigenvalue weighted by molar-refractivity contribution is 5.82. The van der Waals surface area contributed by atoms with E-state index in [1.807, 2.05) is 0 Å². The summed E-state index contributed by atoms with van der Waals surface area (Å²) in [7, 11) is 1.18. The summed E-state index contributed by atoms with van der Waals surface area (Å²) in [5.74, 6) is 0.0200. The van der Waals surface area contributed by atoms with Gasteiger partial charge in [0.25, 0.3) is 0 Å². The predicted molar refractivity (Wildman–Crippen MR) is 62.6 cm³/mol. The molecule has 0 bridgehead atoms. The van der Waals surface area contributed by atoms with E-state index in [1.165, 1.54) is 20.1 Å². The minimum Gasteiger partial charge on any atom is -0.467 e. The summed E-state index contributed by atoms with van der Waals surface area (Å²) in [6, 6.07) is 2.95. The number of ether oxygens (including phenoxy) is 1. The highest BCUT2D eigenvalue weighted by atomic mass is 19.1. The Hall–Kier alpha value is -1.93. The number of carbonyl (C=O) groups is 1. The van der Waals surface area contributed by atoms with Crippen molar-refractivity contribution >= 4 is 5.97 Å². The van der Waals surface area contributed by atoms with Crippen LogP contribution in [-0.2, 0) is 15.1 Å². The molecular weight excluding hydrogens is 240 g/mol. The van der Waals surface area contributed by atoms with E-state index in [0.717, 1.165) is 6.07 Å². The van der Waals surface area contributed by atoms with Crippen LogP contribution in [0.2, 0.25) is 0 Å². The Bertz CT molecular complexity index is 496. The maximum atomic E-state index is 13.7. The average Bonchev–Trinajstić information content (AvgIpc) is 2.34. The van der Waals surface area contributed by atoms with Crippen LogP contribution in [0.15, 0.2) is 18.2 Å². The molecule has 18 heavy (non-hydrogen) atoms. The first kappa shape index (κ1) is 14.1. The van der Waals surface area contributed by atoms with Crippen LogP contribution in [0.3, 0.4) is 0 Å². The molecule has 1 rings (SSSR count). The molecule has 0 aliphatic heterocycles. The smallest absolute Gasteiger partial charge is 0.330 e. The number of terminal acetylenes is 1. The predicted octanol–water partition coefficient (Wildman–Crippen LogP) is 1.58. The molecule has 1 aromatic carbocycles. The van der Waals surface area contributed by atoms with Crippen molar-refractivity contribution in [3.63, 3.8) is 0 Å². The van der Waals surface area contributed by atoms with Gasteiger partial charge in [-0.3, -0.25) is 5.32 Å². The summed E-state index contributed by atoms with van der Waals surface area (Å²) in [6.07, 6.45) is 5.10. The van der Waals surface area contributed by atoms with E-state index in [4.69, 9.17) is 6.42 Å². The van der Waals surface area contributed by atoms with E-state index in [-0.39, 0.29) is 12.1 Å². The van der Waals surface area contributed by atoms with Gasteiger partial charge in [0.15, 0.2) is 0 Å². The van der Waals surface area contributed by atoms with Crippen molar-refractivity contribution in [2.24, 2.45) is 0 Å². The molecular formula is C13H13F2NO2. The van der Waals surface area contributed by atoms with Gasteiger partial charge >= 0.3 is 5.97 Å². The molecule has 0 amide bonds. The van der Waals surface area contributed by atoms with Gasteiger partial charge in [-0.25, -0.2) is 13.6 Å². The van der Waals surface area contributed by atoms with Gasteiger partial charge in [0.1, 0.15) is 17.2 Å². The molecule has 5 heteroatoms. The van der Waals surface area contributed by atoms with E-state index in [2.05, 4.69) is 16.0 Å². The largest absolute Gasteiger partial charge is 0.467 e. The molecule has 0 radical (unpaired) electrons. The highest BCUT2D eigenvalue weighted by Crippen LogP contribution is 2.25. The third-order valence-corrected chi connectivity index (χ3v) is 2.61. The Balaban J connectivity index is 3.25. The van der Waals surface area contributed by atoms with Crippen molar-refractivity contribution in [1.29, 1.82) is 0 Å². The first-order valence-electron chi connectivity index (χ1n) is 5.18. The summed E-state index contributed by atoms with van der Waals surface area (Å²) in [5, 5.41) is 2.70. The monoisotopic (exact) mass is 253 g/mol. The molecule has 1 aromatic rings. The first-order valence-corrected chi connectivity index (χ1v) is 5.18. The van der Waals surface area contributed by atoms with E-state index in [9.17, 15) is 13.6 Å². The maximum absolute atomic E-state index is 13.7. The second kappa shape index (κ2) is 5.61. The molecule has 1 atom stereocenters. The van der Waals surface area contributed by atoms with E-state index in [1.54, 1.807) is 0 Å². The molecule has 0 saturated heterocycles. The van der Waals surface area contributed by atoms with Gasteiger partial charge in [-0.05, 0) is 13.0 Å². The highest BCUT2D eigenvalue weighted by Gasteiger charge is 2.38. The molecule has 0 heterocycles. The van der Waals surface area contributed by atoms with Crippen LogP contribution < -0.4 is 5.32 Å². The Morgan fingerprint density at radius 2 is 2.22 bits per heavy atom. The normalized spacial score (nSPS) is 13.5. The number of rotatable bonds is 4. The molecule has 0 saturated carbocycles. The van der Waals surface area contributed by atoms with E-state index < -0.39 is 23.1 Å². The lowest BCUT2D eigenvalue weighted by molar-refractivity contribution is -0.148. The lowest BCUT2D eigenvalue weighted by Crippen LogP contribution is -2.48. The number of esters is 1. The third kappa shape index (κ3) is 2.66. The SMILES string of the molecule is C#CCNC(C)(C(=O)OC)c1ccc(F)cc1F. The number of benzene rings is 1. The van der Waals surface area contributed by atoms with E-state index >= 15 is 0 Å². The zero-order valence-corrected chi connectivity index (χ0v) is 10.1. The summed E-state index contributed by atoms with van der Waals surface area (Å²) >= 11 is 0. The van der Waals surface area contributed by atoms with Crippen molar-refractivity contribution < 1.29 is 18.3 Å². The number of carbonyl (C=O) groups excluding carboxylic acids is 1. The fourth-order valence-corrected chi connectivity index (χ4v) is 1.60. The lowest BCUT2D eigenvalue weighted by atomic mass is 9.91. The van der Waals surface area contributed by atoms with Crippen LogP contribution in [0.1, 0.15) is 12.5 Å². The van der Waals surface area contributed by atoms with E-state index in [0.29, 0.717) is 6.07 Å². The zero-order valence-electron chi connectivity index (χ0n) is 10.1. The third-order valence-electron chi connectivity index (χ3n) is 2.61. The van der Waals surface area contributed by atoms with Crippen LogP contribution in [0.25, 0.3) is 0 Å². The first-order chi connectivity index (χ1) is 8.45. The second-order valence-electron chi connectivity index (χ2n) is 3.80. The second-order valence-corrected chi connectivity index (χ2v) is 3.80. The molecule has 0 aromatic heterocycles. The standard InChI is InChI=1S/C13H13F2NO2/c1-4-7-16-13(2,12(17)18-3)10-6-5-9(14)8-11(10)15/h1,5-6,8,16H,7H2,2-3H3. The fourth-order valence-electron chi connectivity index (χ4n) is 1.60. The Labute approximate surface area is 104 Å². The van der Waals surface area contributed by atoms with Crippen LogP contribution in [0.4, 0.5) is 8.78 Å². The molecule has 0 spiro atoms. The topological polar surface area (TPSA) is 38.3 Å². The number of hydrogen-bond acceptors (Lipinski definition) is 3. The van der Waals surface area contributed by atoms with Crippen molar-refractivity contribution in [3.8, 4) is 12.3 Å². The minimum absolute atomic E-state index is 0.0222. The zero-order chi connectivity index (χ0) is 13.8. The van der Waals surface area contributed by atoms with Gasteiger partial charge in [-0.15, -0.1) is 6.42 Å². The number of halogens is 2.